The lowest BCUT2D eigenvalue weighted by Gasteiger charge is -2.28. The molecule has 1 aliphatic heterocycles. The second kappa shape index (κ2) is 2.50. The molecule has 0 aliphatic carbocycles. The normalized spacial score (nSPS) is 36.1. The molecule has 0 aromatic rings. The van der Waals surface area contributed by atoms with Gasteiger partial charge in [-0.2, -0.15) is 0 Å². The van der Waals surface area contributed by atoms with E-state index in [4.69, 9.17) is 4.74 Å². The standard InChI is InChI=1S/C7H12O2/c1-2-7(8)5-3-4-6-9-7/h2,8H,1,3-6H2/t7-/m0/s1. The molecule has 1 atom stereocenters. The molecule has 0 radical (unpaired) electrons. The van der Waals surface area contributed by atoms with Gasteiger partial charge in [0.15, 0.2) is 5.79 Å². The van der Waals surface area contributed by atoms with Gasteiger partial charge in [0.1, 0.15) is 0 Å². The van der Waals surface area contributed by atoms with Crippen molar-refractivity contribution in [2.75, 3.05) is 6.61 Å². The van der Waals surface area contributed by atoms with Crippen molar-refractivity contribution in [1.82, 2.24) is 0 Å². The van der Waals surface area contributed by atoms with Gasteiger partial charge < -0.3 is 9.84 Å². The van der Waals surface area contributed by atoms with Crippen LogP contribution in [0.1, 0.15) is 19.3 Å². The Hall–Kier alpha value is -0.340. The molecule has 0 aromatic heterocycles. The molecule has 0 saturated carbocycles. The summed E-state index contributed by atoms with van der Waals surface area (Å²) in [4.78, 5) is 0. The lowest BCUT2D eigenvalue weighted by atomic mass is 10.1. The monoisotopic (exact) mass is 128 g/mol. The van der Waals surface area contributed by atoms with E-state index in [0.717, 1.165) is 12.8 Å². The first kappa shape index (κ1) is 6.78. The van der Waals surface area contributed by atoms with E-state index in [1.807, 2.05) is 0 Å². The first-order valence-electron chi connectivity index (χ1n) is 3.27. The highest BCUT2D eigenvalue weighted by atomic mass is 16.6. The predicted octanol–water partition coefficient (Wildman–Crippen LogP) is 1.06. The molecule has 0 spiro atoms. The highest BCUT2D eigenvalue weighted by Gasteiger charge is 2.25. The van der Waals surface area contributed by atoms with Gasteiger partial charge in [-0.15, -0.1) is 0 Å². The third-order valence-corrected chi connectivity index (χ3v) is 1.60. The van der Waals surface area contributed by atoms with Crippen LogP contribution >= 0.6 is 0 Å². The average Bonchev–Trinajstić information content (AvgIpc) is 1.90. The Bertz CT molecular complexity index is 103. The van der Waals surface area contributed by atoms with Crippen LogP contribution in [-0.4, -0.2) is 17.5 Å². The van der Waals surface area contributed by atoms with Gasteiger partial charge in [-0.3, -0.25) is 0 Å². The zero-order valence-electron chi connectivity index (χ0n) is 5.47. The van der Waals surface area contributed by atoms with E-state index in [9.17, 15) is 5.11 Å². The summed E-state index contributed by atoms with van der Waals surface area (Å²) < 4.78 is 5.05. The molecule has 1 N–H and O–H groups in total. The van der Waals surface area contributed by atoms with Crippen LogP contribution in [0, 0.1) is 0 Å². The molecule has 52 valence electrons. The van der Waals surface area contributed by atoms with Gasteiger partial charge in [0, 0.05) is 6.42 Å². The molecule has 0 bridgehead atoms. The Morgan fingerprint density at radius 2 is 2.33 bits per heavy atom. The smallest absolute Gasteiger partial charge is 0.184 e. The molecule has 0 unspecified atom stereocenters. The van der Waals surface area contributed by atoms with Crippen molar-refractivity contribution in [3.63, 3.8) is 0 Å². The van der Waals surface area contributed by atoms with Crippen LogP contribution in [-0.2, 0) is 4.74 Å². The third kappa shape index (κ3) is 1.53. The average molecular weight is 128 g/mol. The summed E-state index contributed by atoms with van der Waals surface area (Å²) in [6.07, 6.45) is 4.24. The molecular weight excluding hydrogens is 116 g/mol. The minimum atomic E-state index is -1.02. The van der Waals surface area contributed by atoms with E-state index in [-0.39, 0.29) is 0 Å². The van der Waals surface area contributed by atoms with Gasteiger partial charge >= 0.3 is 0 Å². The predicted molar refractivity (Wildman–Crippen MR) is 34.9 cm³/mol. The second-order valence-corrected chi connectivity index (χ2v) is 2.35. The summed E-state index contributed by atoms with van der Waals surface area (Å²) in [5, 5.41) is 9.34. The fraction of sp³-hybridized carbons (Fsp3) is 0.714. The van der Waals surface area contributed by atoms with Crippen LogP contribution in [0.5, 0.6) is 0 Å². The largest absolute Gasteiger partial charge is 0.362 e. The van der Waals surface area contributed by atoms with Crippen molar-refractivity contribution in [2.45, 2.75) is 25.0 Å². The molecule has 1 heterocycles. The fourth-order valence-electron chi connectivity index (χ4n) is 0.962. The molecule has 1 saturated heterocycles. The second-order valence-electron chi connectivity index (χ2n) is 2.35. The molecular formula is C7H12O2. The number of ether oxygens (including phenoxy) is 1. The van der Waals surface area contributed by atoms with E-state index in [2.05, 4.69) is 6.58 Å². The molecule has 1 rings (SSSR count). The zero-order chi connectivity index (χ0) is 6.74. The summed E-state index contributed by atoms with van der Waals surface area (Å²) in [5.74, 6) is -1.02. The fourth-order valence-corrected chi connectivity index (χ4v) is 0.962. The van der Waals surface area contributed by atoms with Gasteiger partial charge in [-0.05, 0) is 18.9 Å². The molecule has 2 nitrogen and oxygen atoms in total. The molecule has 0 amide bonds. The van der Waals surface area contributed by atoms with Crippen molar-refractivity contribution in [1.29, 1.82) is 0 Å². The Kier molecular flexibility index (Phi) is 1.88. The Balaban J connectivity index is 2.46. The molecule has 2 heteroatoms. The van der Waals surface area contributed by atoms with Crippen LogP contribution in [0.15, 0.2) is 12.7 Å². The van der Waals surface area contributed by atoms with E-state index >= 15 is 0 Å². The van der Waals surface area contributed by atoms with Crippen LogP contribution in [0.25, 0.3) is 0 Å². The summed E-state index contributed by atoms with van der Waals surface area (Å²) in [5.41, 5.74) is 0. The Morgan fingerprint density at radius 1 is 1.56 bits per heavy atom. The summed E-state index contributed by atoms with van der Waals surface area (Å²) in [6.45, 7) is 4.14. The number of hydrogen-bond donors (Lipinski definition) is 1. The van der Waals surface area contributed by atoms with Crippen molar-refractivity contribution < 1.29 is 9.84 Å². The van der Waals surface area contributed by atoms with Gasteiger partial charge in [0.25, 0.3) is 0 Å². The van der Waals surface area contributed by atoms with E-state index in [0.29, 0.717) is 13.0 Å². The summed E-state index contributed by atoms with van der Waals surface area (Å²) in [7, 11) is 0. The van der Waals surface area contributed by atoms with Crippen molar-refractivity contribution in [2.24, 2.45) is 0 Å². The SMILES string of the molecule is C=C[C@@]1(O)CCCCO1. The highest BCUT2D eigenvalue weighted by Crippen LogP contribution is 2.22. The van der Waals surface area contributed by atoms with Crippen molar-refractivity contribution in [3.8, 4) is 0 Å². The maximum atomic E-state index is 9.34. The summed E-state index contributed by atoms with van der Waals surface area (Å²) in [6, 6.07) is 0. The van der Waals surface area contributed by atoms with E-state index < -0.39 is 5.79 Å². The number of aliphatic hydroxyl groups is 1. The van der Waals surface area contributed by atoms with E-state index in [1.54, 1.807) is 0 Å². The third-order valence-electron chi connectivity index (χ3n) is 1.60. The lowest BCUT2D eigenvalue weighted by Crippen LogP contribution is -2.33. The first-order valence-corrected chi connectivity index (χ1v) is 3.27. The molecule has 1 fully saturated rings. The van der Waals surface area contributed by atoms with Crippen LogP contribution in [0.4, 0.5) is 0 Å². The lowest BCUT2D eigenvalue weighted by molar-refractivity contribution is -0.188. The number of hydrogen-bond acceptors (Lipinski definition) is 2. The van der Waals surface area contributed by atoms with Gasteiger partial charge in [-0.1, -0.05) is 6.58 Å². The Labute approximate surface area is 55.1 Å². The van der Waals surface area contributed by atoms with Crippen molar-refractivity contribution >= 4 is 0 Å². The van der Waals surface area contributed by atoms with Crippen LogP contribution in [0.2, 0.25) is 0 Å². The number of rotatable bonds is 1. The maximum absolute atomic E-state index is 9.34. The van der Waals surface area contributed by atoms with Crippen LogP contribution < -0.4 is 0 Å². The molecule has 0 aromatic carbocycles. The highest BCUT2D eigenvalue weighted by molar-refractivity contribution is 4.89. The van der Waals surface area contributed by atoms with Gasteiger partial charge in [0.05, 0.1) is 6.61 Å². The minimum Gasteiger partial charge on any atom is -0.362 e. The van der Waals surface area contributed by atoms with Gasteiger partial charge in [-0.25, -0.2) is 0 Å². The zero-order valence-corrected chi connectivity index (χ0v) is 5.47. The molecule has 1 aliphatic rings. The Morgan fingerprint density at radius 3 is 2.67 bits per heavy atom. The first-order chi connectivity index (χ1) is 4.27. The molecule has 9 heavy (non-hydrogen) atoms. The van der Waals surface area contributed by atoms with Gasteiger partial charge in [0.2, 0.25) is 0 Å². The summed E-state index contributed by atoms with van der Waals surface area (Å²) >= 11 is 0. The van der Waals surface area contributed by atoms with E-state index in [1.165, 1.54) is 6.08 Å². The van der Waals surface area contributed by atoms with Crippen LogP contribution in [0.3, 0.4) is 0 Å². The maximum Gasteiger partial charge on any atom is 0.184 e. The quantitative estimate of drug-likeness (QED) is 0.535. The topological polar surface area (TPSA) is 29.5 Å². The van der Waals surface area contributed by atoms with Crippen molar-refractivity contribution in [3.05, 3.63) is 12.7 Å². The minimum absolute atomic E-state index is 0.655.